The Hall–Kier alpha value is -1.22. The Balaban J connectivity index is 2.88. The molecule has 1 rings (SSSR count). The van der Waals surface area contributed by atoms with Crippen molar-refractivity contribution in [1.82, 2.24) is 0 Å². The third-order valence-corrected chi connectivity index (χ3v) is 3.37. The molecule has 0 aliphatic carbocycles. The van der Waals surface area contributed by atoms with Crippen LogP contribution >= 0.6 is 0 Å². The number of ketones is 1. The SMILES string of the molecule is CCC(C)(OC)C(=O)Cc1ccc(F)cc1C. The number of Topliss-reactive ketones (excluding diaryl/α,β-unsaturated/α-hetero) is 1. The van der Waals surface area contributed by atoms with E-state index in [1.54, 1.807) is 20.1 Å². The molecule has 0 heterocycles. The van der Waals surface area contributed by atoms with E-state index in [2.05, 4.69) is 0 Å². The fourth-order valence-electron chi connectivity index (χ4n) is 1.67. The molecule has 3 heteroatoms. The molecule has 17 heavy (non-hydrogen) atoms. The fraction of sp³-hybridized carbons (Fsp3) is 0.500. The number of rotatable bonds is 5. The van der Waals surface area contributed by atoms with E-state index < -0.39 is 5.60 Å². The van der Waals surface area contributed by atoms with Crippen LogP contribution in [0, 0.1) is 12.7 Å². The van der Waals surface area contributed by atoms with Crippen LogP contribution in [0.15, 0.2) is 18.2 Å². The van der Waals surface area contributed by atoms with Crippen molar-refractivity contribution in [3.63, 3.8) is 0 Å². The average molecular weight is 238 g/mol. The maximum atomic E-state index is 12.9. The van der Waals surface area contributed by atoms with E-state index in [0.29, 0.717) is 6.42 Å². The van der Waals surface area contributed by atoms with E-state index in [0.717, 1.165) is 11.1 Å². The molecule has 0 fully saturated rings. The molecular formula is C14H19FO2. The third-order valence-electron chi connectivity index (χ3n) is 3.37. The van der Waals surface area contributed by atoms with Gasteiger partial charge in [-0.2, -0.15) is 0 Å². The Morgan fingerprint density at radius 1 is 1.47 bits per heavy atom. The molecule has 0 bridgehead atoms. The van der Waals surface area contributed by atoms with Crippen LogP contribution in [-0.2, 0) is 16.0 Å². The van der Waals surface area contributed by atoms with E-state index in [4.69, 9.17) is 4.74 Å². The van der Waals surface area contributed by atoms with Crippen LogP contribution in [-0.4, -0.2) is 18.5 Å². The second-order valence-electron chi connectivity index (χ2n) is 4.46. The van der Waals surface area contributed by atoms with Crippen molar-refractivity contribution in [2.24, 2.45) is 0 Å². The highest BCUT2D eigenvalue weighted by atomic mass is 19.1. The second kappa shape index (κ2) is 5.41. The predicted octanol–water partition coefficient (Wildman–Crippen LogP) is 3.06. The first kappa shape index (κ1) is 13.8. The molecule has 1 aromatic carbocycles. The van der Waals surface area contributed by atoms with Crippen LogP contribution in [0.25, 0.3) is 0 Å². The maximum Gasteiger partial charge on any atom is 0.168 e. The molecule has 0 aliphatic heterocycles. The summed E-state index contributed by atoms with van der Waals surface area (Å²) in [6, 6.07) is 4.48. The molecule has 1 atom stereocenters. The fourth-order valence-corrected chi connectivity index (χ4v) is 1.67. The van der Waals surface area contributed by atoms with Crippen molar-refractivity contribution in [1.29, 1.82) is 0 Å². The zero-order chi connectivity index (χ0) is 13.1. The molecule has 0 N–H and O–H groups in total. The van der Waals surface area contributed by atoms with Crippen LogP contribution in [0.2, 0.25) is 0 Å². The Kier molecular flexibility index (Phi) is 4.40. The van der Waals surface area contributed by atoms with Gasteiger partial charge in [0.05, 0.1) is 0 Å². The van der Waals surface area contributed by atoms with Crippen LogP contribution in [0.3, 0.4) is 0 Å². The highest BCUT2D eigenvalue weighted by Crippen LogP contribution is 2.20. The summed E-state index contributed by atoms with van der Waals surface area (Å²) in [4.78, 5) is 12.1. The first-order valence-electron chi connectivity index (χ1n) is 5.76. The molecule has 0 radical (unpaired) electrons. The molecule has 0 aliphatic rings. The van der Waals surface area contributed by atoms with E-state index in [1.807, 2.05) is 13.8 Å². The average Bonchev–Trinajstić information content (AvgIpc) is 2.31. The quantitative estimate of drug-likeness (QED) is 0.788. The number of halogens is 1. The van der Waals surface area contributed by atoms with Crippen molar-refractivity contribution >= 4 is 5.78 Å². The summed E-state index contributed by atoms with van der Waals surface area (Å²) in [6.07, 6.45) is 0.910. The molecule has 94 valence electrons. The Bertz CT molecular complexity index is 409. The highest BCUT2D eigenvalue weighted by Gasteiger charge is 2.30. The van der Waals surface area contributed by atoms with E-state index in [1.165, 1.54) is 12.1 Å². The van der Waals surface area contributed by atoms with Crippen LogP contribution in [0.5, 0.6) is 0 Å². The lowest BCUT2D eigenvalue weighted by atomic mass is 9.91. The summed E-state index contributed by atoms with van der Waals surface area (Å²) >= 11 is 0. The number of aryl methyl sites for hydroxylation is 1. The van der Waals surface area contributed by atoms with Crippen LogP contribution in [0.4, 0.5) is 4.39 Å². The third kappa shape index (κ3) is 3.13. The maximum absolute atomic E-state index is 12.9. The summed E-state index contributed by atoms with van der Waals surface area (Å²) in [5.41, 5.74) is 0.905. The molecule has 1 aromatic rings. The normalized spacial score (nSPS) is 14.4. The van der Waals surface area contributed by atoms with E-state index in [9.17, 15) is 9.18 Å². The Morgan fingerprint density at radius 2 is 2.12 bits per heavy atom. The minimum Gasteiger partial charge on any atom is -0.371 e. The first-order chi connectivity index (χ1) is 7.92. The predicted molar refractivity (Wildman–Crippen MR) is 65.6 cm³/mol. The van der Waals surface area contributed by atoms with E-state index >= 15 is 0 Å². The molecule has 0 amide bonds. The highest BCUT2D eigenvalue weighted by molar-refractivity contribution is 5.89. The largest absolute Gasteiger partial charge is 0.371 e. The smallest absolute Gasteiger partial charge is 0.168 e. The molecule has 0 saturated carbocycles. The molecule has 0 spiro atoms. The Labute approximate surface area is 102 Å². The lowest BCUT2D eigenvalue weighted by Crippen LogP contribution is -2.38. The summed E-state index contributed by atoms with van der Waals surface area (Å²) in [5.74, 6) is -0.249. The monoisotopic (exact) mass is 238 g/mol. The summed E-state index contributed by atoms with van der Waals surface area (Å²) in [7, 11) is 1.54. The summed E-state index contributed by atoms with van der Waals surface area (Å²) in [5, 5.41) is 0. The minimum atomic E-state index is -0.749. The summed E-state index contributed by atoms with van der Waals surface area (Å²) < 4.78 is 18.2. The van der Waals surface area contributed by atoms with Crippen molar-refractivity contribution < 1.29 is 13.9 Å². The van der Waals surface area contributed by atoms with Gasteiger partial charge >= 0.3 is 0 Å². The van der Waals surface area contributed by atoms with Gasteiger partial charge in [0.2, 0.25) is 0 Å². The number of carbonyl (C=O) groups excluding carboxylic acids is 1. The second-order valence-corrected chi connectivity index (χ2v) is 4.46. The first-order valence-corrected chi connectivity index (χ1v) is 5.76. The van der Waals surface area contributed by atoms with Gasteiger partial charge in [-0.3, -0.25) is 4.79 Å². The lowest BCUT2D eigenvalue weighted by molar-refractivity contribution is -0.138. The molecule has 0 aromatic heterocycles. The van der Waals surface area contributed by atoms with Gasteiger partial charge in [0.15, 0.2) is 5.78 Å². The van der Waals surface area contributed by atoms with Gasteiger partial charge in [-0.25, -0.2) is 4.39 Å². The van der Waals surface area contributed by atoms with Gasteiger partial charge in [-0.05, 0) is 43.5 Å². The molecule has 2 nitrogen and oxygen atoms in total. The number of ether oxygens (including phenoxy) is 1. The number of methoxy groups -OCH3 is 1. The van der Waals surface area contributed by atoms with Gasteiger partial charge in [0.1, 0.15) is 11.4 Å². The van der Waals surface area contributed by atoms with Crippen LogP contribution in [0.1, 0.15) is 31.4 Å². The van der Waals surface area contributed by atoms with Crippen LogP contribution < -0.4 is 0 Å². The van der Waals surface area contributed by atoms with Gasteiger partial charge in [-0.1, -0.05) is 13.0 Å². The van der Waals surface area contributed by atoms with Crippen molar-refractivity contribution in [3.05, 3.63) is 35.1 Å². The van der Waals surface area contributed by atoms with Crippen molar-refractivity contribution in [2.45, 2.75) is 39.2 Å². The molecular weight excluding hydrogens is 219 g/mol. The van der Waals surface area contributed by atoms with Gasteiger partial charge in [0, 0.05) is 13.5 Å². The number of hydrogen-bond donors (Lipinski definition) is 0. The number of hydrogen-bond acceptors (Lipinski definition) is 2. The zero-order valence-electron chi connectivity index (χ0n) is 10.8. The molecule has 0 saturated heterocycles. The van der Waals surface area contributed by atoms with Crippen molar-refractivity contribution in [3.8, 4) is 0 Å². The summed E-state index contributed by atoms with van der Waals surface area (Å²) in [6.45, 7) is 5.51. The lowest BCUT2D eigenvalue weighted by Gasteiger charge is -2.25. The topological polar surface area (TPSA) is 26.3 Å². The van der Waals surface area contributed by atoms with Crippen molar-refractivity contribution in [2.75, 3.05) is 7.11 Å². The van der Waals surface area contributed by atoms with Gasteiger partial charge < -0.3 is 4.74 Å². The number of carbonyl (C=O) groups is 1. The van der Waals surface area contributed by atoms with Gasteiger partial charge in [0.25, 0.3) is 0 Å². The zero-order valence-corrected chi connectivity index (χ0v) is 10.8. The van der Waals surface area contributed by atoms with E-state index in [-0.39, 0.29) is 18.0 Å². The number of benzene rings is 1. The standard InChI is InChI=1S/C14H19FO2/c1-5-14(3,17-4)13(16)9-11-6-7-12(15)8-10(11)2/h6-8H,5,9H2,1-4H3. The minimum absolute atomic E-state index is 0.0252. The molecule has 1 unspecified atom stereocenters. The Morgan fingerprint density at radius 3 is 2.59 bits per heavy atom. The van der Waals surface area contributed by atoms with Gasteiger partial charge in [-0.15, -0.1) is 0 Å².